The van der Waals surface area contributed by atoms with E-state index in [0.717, 1.165) is 6.42 Å². The molecule has 0 amide bonds. The normalized spacial score (nSPS) is 24.4. The molecule has 4 heteroatoms. The molecule has 0 aromatic heterocycles. The number of esters is 1. The van der Waals surface area contributed by atoms with Crippen molar-refractivity contribution < 1.29 is 14.6 Å². The molecule has 1 saturated heterocycles. The van der Waals surface area contributed by atoms with Gasteiger partial charge in [-0.15, -0.1) is 0 Å². The van der Waals surface area contributed by atoms with Crippen LogP contribution < -0.4 is 0 Å². The maximum atomic E-state index is 11.5. The number of aliphatic hydroxyl groups excluding tert-OH is 1. The van der Waals surface area contributed by atoms with Crippen molar-refractivity contribution >= 4 is 5.97 Å². The van der Waals surface area contributed by atoms with Crippen LogP contribution in [0.4, 0.5) is 0 Å². The topological polar surface area (TPSA) is 49.8 Å². The first-order valence-electron chi connectivity index (χ1n) is 7.66. The first kappa shape index (κ1) is 16.4. The number of methoxy groups -OCH3 is 1. The summed E-state index contributed by atoms with van der Waals surface area (Å²) < 4.78 is 4.79. The predicted molar refractivity (Wildman–Crippen MR) is 76.0 cm³/mol. The van der Waals surface area contributed by atoms with Crippen LogP contribution in [0.5, 0.6) is 0 Å². The molecule has 0 aromatic rings. The molecule has 0 saturated carbocycles. The number of carbonyl (C=O) groups excluding carboxylic acids is 1. The standard InChI is InChI=1S/C15H29NO3/c1-3-4-5-7-13-8-6-9-14(12-15(18)19-2)16(13)10-11-17/h13-14,17H,3-12H2,1-2H3/t13-,14+/m0/s1. The Morgan fingerprint density at radius 2 is 2.05 bits per heavy atom. The molecule has 0 aromatic carbocycles. The molecule has 4 nitrogen and oxygen atoms in total. The van der Waals surface area contributed by atoms with Crippen LogP contribution in [0.25, 0.3) is 0 Å². The molecule has 1 heterocycles. The van der Waals surface area contributed by atoms with E-state index in [1.165, 1.54) is 45.6 Å². The molecule has 0 aliphatic carbocycles. The number of hydrogen-bond donors (Lipinski definition) is 1. The zero-order chi connectivity index (χ0) is 14.1. The highest BCUT2D eigenvalue weighted by atomic mass is 16.5. The Hall–Kier alpha value is -0.610. The van der Waals surface area contributed by atoms with Gasteiger partial charge >= 0.3 is 5.97 Å². The second-order valence-electron chi connectivity index (χ2n) is 5.48. The number of ether oxygens (including phenoxy) is 1. The lowest BCUT2D eigenvalue weighted by atomic mass is 9.90. The highest BCUT2D eigenvalue weighted by molar-refractivity contribution is 5.69. The summed E-state index contributed by atoms with van der Waals surface area (Å²) in [4.78, 5) is 13.8. The third-order valence-corrected chi connectivity index (χ3v) is 4.14. The van der Waals surface area contributed by atoms with Crippen molar-refractivity contribution in [1.82, 2.24) is 4.90 Å². The molecule has 0 bridgehead atoms. The summed E-state index contributed by atoms with van der Waals surface area (Å²) in [6.45, 7) is 3.06. The lowest BCUT2D eigenvalue weighted by Gasteiger charge is -2.41. The van der Waals surface area contributed by atoms with E-state index in [9.17, 15) is 9.90 Å². The van der Waals surface area contributed by atoms with E-state index in [2.05, 4.69) is 11.8 Å². The summed E-state index contributed by atoms with van der Waals surface area (Å²) in [5.74, 6) is -0.137. The van der Waals surface area contributed by atoms with Gasteiger partial charge in [-0.3, -0.25) is 9.69 Å². The quantitative estimate of drug-likeness (QED) is 0.544. The average molecular weight is 271 g/mol. The molecular weight excluding hydrogens is 242 g/mol. The van der Waals surface area contributed by atoms with Gasteiger partial charge in [-0.2, -0.15) is 0 Å². The van der Waals surface area contributed by atoms with Crippen molar-refractivity contribution in [3.63, 3.8) is 0 Å². The lowest BCUT2D eigenvalue weighted by Crippen LogP contribution is -2.48. The van der Waals surface area contributed by atoms with Crippen molar-refractivity contribution in [2.45, 2.75) is 70.4 Å². The number of carbonyl (C=O) groups is 1. The fraction of sp³-hybridized carbons (Fsp3) is 0.933. The number of β-amino-alcohol motifs (C(OH)–C–C–N with tert-alkyl or cyclic N) is 1. The van der Waals surface area contributed by atoms with Crippen molar-refractivity contribution in [2.75, 3.05) is 20.3 Å². The van der Waals surface area contributed by atoms with Crippen LogP contribution in [-0.4, -0.2) is 48.3 Å². The summed E-state index contributed by atoms with van der Waals surface area (Å²) in [6, 6.07) is 0.780. The second-order valence-corrected chi connectivity index (χ2v) is 5.48. The number of unbranched alkanes of at least 4 members (excludes halogenated alkanes) is 2. The van der Waals surface area contributed by atoms with Crippen LogP contribution in [0.1, 0.15) is 58.3 Å². The monoisotopic (exact) mass is 271 g/mol. The largest absolute Gasteiger partial charge is 0.469 e. The molecule has 1 N–H and O–H groups in total. The van der Waals surface area contributed by atoms with Gasteiger partial charge in [-0.05, 0) is 19.3 Å². The zero-order valence-corrected chi connectivity index (χ0v) is 12.4. The smallest absolute Gasteiger partial charge is 0.307 e. The van der Waals surface area contributed by atoms with Crippen molar-refractivity contribution in [2.24, 2.45) is 0 Å². The number of piperidine rings is 1. The zero-order valence-electron chi connectivity index (χ0n) is 12.4. The minimum absolute atomic E-state index is 0.137. The molecule has 19 heavy (non-hydrogen) atoms. The minimum atomic E-state index is -0.137. The third kappa shape index (κ3) is 5.49. The van der Waals surface area contributed by atoms with E-state index in [0.29, 0.717) is 19.0 Å². The Morgan fingerprint density at radius 3 is 2.68 bits per heavy atom. The van der Waals surface area contributed by atoms with E-state index >= 15 is 0 Å². The van der Waals surface area contributed by atoms with E-state index in [1.54, 1.807) is 0 Å². The van der Waals surface area contributed by atoms with Crippen LogP contribution in [0, 0.1) is 0 Å². The van der Waals surface area contributed by atoms with E-state index in [-0.39, 0.29) is 18.6 Å². The second kappa shape index (κ2) is 9.32. The lowest BCUT2D eigenvalue weighted by molar-refractivity contribution is -0.142. The molecule has 0 unspecified atom stereocenters. The number of nitrogens with zero attached hydrogens (tertiary/aromatic N) is 1. The van der Waals surface area contributed by atoms with Crippen LogP contribution in [-0.2, 0) is 9.53 Å². The maximum absolute atomic E-state index is 11.5. The van der Waals surface area contributed by atoms with Gasteiger partial charge in [0.2, 0.25) is 0 Å². The average Bonchev–Trinajstić information content (AvgIpc) is 2.42. The summed E-state index contributed by atoms with van der Waals surface area (Å²) in [5, 5.41) is 9.26. The van der Waals surface area contributed by atoms with Crippen molar-refractivity contribution in [3.05, 3.63) is 0 Å². The number of aliphatic hydroxyl groups is 1. The molecule has 0 radical (unpaired) electrons. The Morgan fingerprint density at radius 1 is 1.32 bits per heavy atom. The van der Waals surface area contributed by atoms with Gasteiger partial charge in [-0.1, -0.05) is 32.6 Å². The summed E-state index contributed by atoms with van der Waals surface area (Å²) in [7, 11) is 1.44. The summed E-state index contributed by atoms with van der Waals surface area (Å²) in [6.07, 6.45) is 8.81. The van der Waals surface area contributed by atoms with Gasteiger partial charge in [-0.25, -0.2) is 0 Å². The van der Waals surface area contributed by atoms with Gasteiger partial charge < -0.3 is 9.84 Å². The minimum Gasteiger partial charge on any atom is -0.469 e. The van der Waals surface area contributed by atoms with Gasteiger partial charge in [0.25, 0.3) is 0 Å². The fourth-order valence-corrected chi connectivity index (χ4v) is 3.13. The number of rotatable bonds is 8. The highest BCUT2D eigenvalue weighted by Gasteiger charge is 2.31. The number of likely N-dealkylation sites (tertiary alicyclic amines) is 1. The molecule has 1 rings (SSSR count). The van der Waals surface area contributed by atoms with Gasteiger partial charge in [0.05, 0.1) is 20.1 Å². The van der Waals surface area contributed by atoms with E-state index in [1.807, 2.05) is 0 Å². The van der Waals surface area contributed by atoms with Crippen LogP contribution in [0.3, 0.4) is 0 Å². The maximum Gasteiger partial charge on any atom is 0.307 e. The van der Waals surface area contributed by atoms with E-state index < -0.39 is 0 Å². The Kier molecular flexibility index (Phi) is 8.07. The molecule has 112 valence electrons. The van der Waals surface area contributed by atoms with Crippen LogP contribution in [0.2, 0.25) is 0 Å². The molecule has 2 atom stereocenters. The fourth-order valence-electron chi connectivity index (χ4n) is 3.13. The number of hydrogen-bond acceptors (Lipinski definition) is 4. The molecular formula is C15H29NO3. The van der Waals surface area contributed by atoms with Crippen LogP contribution >= 0.6 is 0 Å². The predicted octanol–water partition coefficient (Wildman–Crippen LogP) is 2.35. The molecule has 1 aliphatic heterocycles. The Labute approximate surface area is 117 Å². The Bertz CT molecular complexity index is 258. The van der Waals surface area contributed by atoms with Gasteiger partial charge in [0.15, 0.2) is 0 Å². The van der Waals surface area contributed by atoms with Crippen molar-refractivity contribution in [3.8, 4) is 0 Å². The van der Waals surface area contributed by atoms with E-state index in [4.69, 9.17) is 4.74 Å². The molecule has 1 fully saturated rings. The van der Waals surface area contributed by atoms with Gasteiger partial charge in [0, 0.05) is 18.6 Å². The highest BCUT2D eigenvalue weighted by Crippen LogP contribution is 2.28. The van der Waals surface area contributed by atoms with Crippen LogP contribution in [0.15, 0.2) is 0 Å². The molecule has 1 aliphatic rings. The Balaban J connectivity index is 2.55. The summed E-state index contributed by atoms with van der Waals surface area (Å²) in [5.41, 5.74) is 0. The van der Waals surface area contributed by atoms with Gasteiger partial charge in [0.1, 0.15) is 0 Å². The van der Waals surface area contributed by atoms with Crippen molar-refractivity contribution in [1.29, 1.82) is 0 Å². The SMILES string of the molecule is CCCCC[C@H]1CCC[C@H](CC(=O)OC)N1CCO. The molecule has 0 spiro atoms. The first-order chi connectivity index (χ1) is 9.22. The summed E-state index contributed by atoms with van der Waals surface area (Å²) >= 11 is 0. The third-order valence-electron chi connectivity index (χ3n) is 4.14. The first-order valence-corrected chi connectivity index (χ1v) is 7.66.